The fourth-order valence-corrected chi connectivity index (χ4v) is 3.91. The van der Waals surface area contributed by atoms with E-state index in [9.17, 15) is 8.42 Å². The Morgan fingerprint density at radius 2 is 1.69 bits per heavy atom. The molecule has 0 aliphatic heterocycles. The van der Waals surface area contributed by atoms with Crippen molar-refractivity contribution in [2.24, 2.45) is 4.99 Å². The van der Waals surface area contributed by atoms with Gasteiger partial charge in [-0.1, -0.05) is 47.5 Å². The van der Waals surface area contributed by atoms with E-state index < -0.39 is 10.1 Å². The minimum Gasteiger partial charge on any atom is -0.493 e. The number of hydrogen-bond acceptors (Lipinski definition) is 5. The molecule has 0 atom stereocenters. The second-order valence-corrected chi connectivity index (χ2v) is 8.44. The van der Waals surface area contributed by atoms with E-state index in [0.717, 1.165) is 5.56 Å². The van der Waals surface area contributed by atoms with Crippen LogP contribution in [0.5, 0.6) is 11.5 Å². The minimum atomic E-state index is -4.06. The molecule has 3 aromatic rings. The van der Waals surface area contributed by atoms with Gasteiger partial charge in [0, 0.05) is 11.2 Å². The van der Waals surface area contributed by atoms with E-state index in [1.807, 2.05) is 19.1 Å². The van der Waals surface area contributed by atoms with Crippen molar-refractivity contribution in [2.75, 3.05) is 7.11 Å². The van der Waals surface area contributed by atoms with E-state index in [4.69, 9.17) is 32.1 Å². The largest absolute Gasteiger partial charge is 0.493 e. The Balaban J connectivity index is 1.91. The maximum absolute atomic E-state index is 12.5. The second kappa shape index (κ2) is 8.86. The Morgan fingerprint density at radius 1 is 0.966 bits per heavy atom. The highest BCUT2D eigenvalue weighted by Gasteiger charge is 2.21. The molecule has 0 saturated carbocycles. The van der Waals surface area contributed by atoms with Crippen LogP contribution in [0.4, 0.5) is 5.69 Å². The normalized spacial score (nSPS) is 11.6. The molecule has 0 spiro atoms. The van der Waals surface area contributed by atoms with E-state index in [1.165, 1.54) is 19.2 Å². The molecule has 0 N–H and O–H groups in total. The molecule has 29 heavy (non-hydrogen) atoms. The fraction of sp³-hybridized carbons (Fsp3) is 0.0952. The first-order valence-electron chi connectivity index (χ1n) is 8.47. The van der Waals surface area contributed by atoms with Gasteiger partial charge in [0.15, 0.2) is 5.75 Å². The van der Waals surface area contributed by atoms with E-state index in [1.54, 1.807) is 42.6 Å². The summed E-state index contributed by atoms with van der Waals surface area (Å²) in [7, 11) is -2.66. The quantitative estimate of drug-likeness (QED) is 0.350. The average molecular weight is 450 g/mol. The van der Waals surface area contributed by atoms with Crippen molar-refractivity contribution < 1.29 is 17.3 Å². The maximum Gasteiger partial charge on any atom is 0.339 e. The van der Waals surface area contributed by atoms with Gasteiger partial charge < -0.3 is 8.92 Å². The number of halogens is 2. The topological polar surface area (TPSA) is 65.0 Å². The van der Waals surface area contributed by atoms with E-state index in [-0.39, 0.29) is 21.4 Å². The average Bonchev–Trinajstić information content (AvgIpc) is 2.71. The van der Waals surface area contributed by atoms with Gasteiger partial charge in [-0.3, -0.25) is 4.99 Å². The molecule has 0 aliphatic carbocycles. The molecule has 8 heteroatoms. The first kappa shape index (κ1) is 21.2. The van der Waals surface area contributed by atoms with Gasteiger partial charge in [0.05, 0.1) is 17.8 Å². The van der Waals surface area contributed by atoms with Gasteiger partial charge in [-0.05, 0) is 54.4 Å². The van der Waals surface area contributed by atoms with Gasteiger partial charge in [-0.25, -0.2) is 0 Å². The SMILES string of the molecule is COc1cc(C=Nc2ccc(C)c(Cl)c2)cc(Cl)c1OS(=O)(=O)c1ccccc1. The molecule has 0 saturated heterocycles. The monoisotopic (exact) mass is 449 g/mol. The molecule has 0 radical (unpaired) electrons. The lowest BCUT2D eigenvalue weighted by molar-refractivity contribution is 0.390. The van der Waals surface area contributed by atoms with Gasteiger partial charge >= 0.3 is 10.1 Å². The van der Waals surface area contributed by atoms with Crippen LogP contribution in [0.2, 0.25) is 10.0 Å². The predicted molar refractivity (Wildman–Crippen MR) is 116 cm³/mol. The molecule has 3 aromatic carbocycles. The fourth-order valence-electron chi connectivity index (χ4n) is 2.45. The molecule has 0 amide bonds. The first-order valence-corrected chi connectivity index (χ1v) is 10.6. The number of benzene rings is 3. The van der Waals surface area contributed by atoms with Crippen LogP contribution in [0.1, 0.15) is 11.1 Å². The van der Waals surface area contributed by atoms with Crippen molar-refractivity contribution >= 4 is 45.2 Å². The van der Waals surface area contributed by atoms with Crippen LogP contribution < -0.4 is 8.92 Å². The molecule has 0 heterocycles. The lowest BCUT2D eigenvalue weighted by Crippen LogP contribution is -2.10. The lowest BCUT2D eigenvalue weighted by Gasteiger charge is -2.13. The van der Waals surface area contributed by atoms with Crippen LogP contribution in [0.25, 0.3) is 0 Å². The number of aryl methyl sites for hydroxylation is 1. The summed E-state index contributed by atoms with van der Waals surface area (Å²) < 4.78 is 35.5. The summed E-state index contributed by atoms with van der Waals surface area (Å²) in [5, 5.41) is 0.692. The Labute approximate surface area is 179 Å². The molecule has 5 nitrogen and oxygen atoms in total. The van der Waals surface area contributed by atoms with Crippen molar-refractivity contribution in [3.63, 3.8) is 0 Å². The molecular weight excluding hydrogens is 433 g/mol. The van der Waals surface area contributed by atoms with Gasteiger partial charge in [-0.15, -0.1) is 0 Å². The van der Waals surface area contributed by atoms with Gasteiger partial charge in [0.2, 0.25) is 5.75 Å². The maximum atomic E-state index is 12.5. The molecule has 0 aliphatic rings. The van der Waals surface area contributed by atoms with Crippen LogP contribution in [-0.2, 0) is 10.1 Å². The standard InChI is InChI=1S/C21H17Cl2NO4S/c1-14-8-9-16(12-18(14)22)24-13-15-10-19(23)21(20(11-15)27-2)28-29(25,26)17-6-4-3-5-7-17/h3-13H,1-2H3. The minimum absolute atomic E-state index is 0.0139. The molecule has 3 rings (SSSR count). The van der Waals surface area contributed by atoms with Crippen LogP contribution in [0, 0.1) is 6.92 Å². The van der Waals surface area contributed by atoms with Crippen LogP contribution in [0.15, 0.2) is 70.6 Å². The van der Waals surface area contributed by atoms with Crippen molar-refractivity contribution in [3.05, 3.63) is 81.8 Å². The van der Waals surface area contributed by atoms with E-state index in [0.29, 0.717) is 16.3 Å². The highest BCUT2D eigenvalue weighted by Crippen LogP contribution is 2.38. The number of hydrogen-bond donors (Lipinski definition) is 0. The third kappa shape index (κ3) is 5.09. The summed E-state index contributed by atoms with van der Waals surface area (Å²) in [6, 6.07) is 16.4. The van der Waals surface area contributed by atoms with Crippen LogP contribution in [0.3, 0.4) is 0 Å². The van der Waals surface area contributed by atoms with Crippen molar-refractivity contribution in [3.8, 4) is 11.5 Å². The molecular formula is C21H17Cl2NO4S. The van der Waals surface area contributed by atoms with Crippen LogP contribution in [-0.4, -0.2) is 21.7 Å². The summed E-state index contributed by atoms with van der Waals surface area (Å²) in [5.41, 5.74) is 2.23. The van der Waals surface area contributed by atoms with E-state index in [2.05, 4.69) is 4.99 Å². The lowest BCUT2D eigenvalue weighted by atomic mass is 10.2. The molecule has 0 unspecified atom stereocenters. The number of aliphatic imine (C=N–C) groups is 1. The predicted octanol–water partition coefficient (Wildman–Crippen LogP) is 5.83. The number of ether oxygens (including phenoxy) is 1. The number of rotatable bonds is 6. The van der Waals surface area contributed by atoms with Gasteiger partial charge in [-0.2, -0.15) is 8.42 Å². The highest BCUT2D eigenvalue weighted by atomic mass is 35.5. The van der Waals surface area contributed by atoms with Crippen molar-refractivity contribution in [1.29, 1.82) is 0 Å². The van der Waals surface area contributed by atoms with Crippen molar-refractivity contribution in [1.82, 2.24) is 0 Å². The zero-order valence-corrected chi connectivity index (χ0v) is 17.9. The molecule has 150 valence electrons. The smallest absolute Gasteiger partial charge is 0.339 e. The summed E-state index contributed by atoms with van der Waals surface area (Å²) in [6.45, 7) is 1.91. The number of nitrogens with zero attached hydrogens (tertiary/aromatic N) is 1. The second-order valence-electron chi connectivity index (χ2n) is 6.08. The highest BCUT2D eigenvalue weighted by molar-refractivity contribution is 7.87. The van der Waals surface area contributed by atoms with Crippen LogP contribution >= 0.6 is 23.2 Å². The Morgan fingerprint density at radius 3 is 2.34 bits per heavy atom. The van der Waals surface area contributed by atoms with Gasteiger partial charge in [0.1, 0.15) is 4.90 Å². The zero-order chi connectivity index (χ0) is 21.0. The summed E-state index contributed by atoms with van der Waals surface area (Å²) >= 11 is 12.4. The third-order valence-corrected chi connectivity index (χ3v) is 5.92. The Bertz CT molecular complexity index is 1160. The molecule has 0 bridgehead atoms. The summed E-state index contributed by atoms with van der Waals surface area (Å²) in [6.07, 6.45) is 1.57. The summed E-state index contributed by atoms with van der Waals surface area (Å²) in [4.78, 5) is 4.38. The zero-order valence-electron chi connectivity index (χ0n) is 15.6. The van der Waals surface area contributed by atoms with E-state index >= 15 is 0 Å². The van der Waals surface area contributed by atoms with Crippen molar-refractivity contribution in [2.45, 2.75) is 11.8 Å². The number of methoxy groups -OCH3 is 1. The molecule has 0 fully saturated rings. The summed E-state index contributed by atoms with van der Waals surface area (Å²) in [5.74, 6) is 0.0777. The first-order chi connectivity index (χ1) is 13.8. The Kier molecular flexibility index (Phi) is 6.47. The molecule has 0 aromatic heterocycles. The Hall–Kier alpha value is -2.54. The van der Waals surface area contributed by atoms with Gasteiger partial charge in [0.25, 0.3) is 0 Å². The third-order valence-electron chi connectivity index (χ3n) is 3.99.